The molecule has 0 spiro atoms. The van der Waals surface area contributed by atoms with Gasteiger partial charge in [0, 0.05) is 18.3 Å². The lowest BCUT2D eigenvalue weighted by atomic mass is 10.2. The van der Waals surface area contributed by atoms with Crippen molar-refractivity contribution in [1.29, 1.82) is 0 Å². The van der Waals surface area contributed by atoms with Crippen LogP contribution in [0.4, 0.5) is 0 Å². The van der Waals surface area contributed by atoms with Crippen LogP contribution in [0.15, 0.2) is 24.5 Å². The smallest absolute Gasteiger partial charge is 0.137 e. The van der Waals surface area contributed by atoms with E-state index in [4.69, 9.17) is 4.74 Å². The van der Waals surface area contributed by atoms with Crippen molar-refractivity contribution in [2.45, 2.75) is 31.8 Å². The van der Waals surface area contributed by atoms with Crippen LogP contribution in [0.3, 0.4) is 0 Å². The second kappa shape index (κ2) is 6.06. The first-order valence-corrected chi connectivity index (χ1v) is 5.52. The van der Waals surface area contributed by atoms with E-state index in [-0.39, 0.29) is 12.4 Å². The average molecular weight is 243 g/mol. The Morgan fingerprint density at radius 3 is 2.88 bits per heavy atom. The van der Waals surface area contributed by atoms with Gasteiger partial charge in [-0.25, -0.2) is 0 Å². The highest BCUT2D eigenvalue weighted by Crippen LogP contribution is 2.22. The first-order chi connectivity index (χ1) is 7.27. The van der Waals surface area contributed by atoms with E-state index >= 15 is 0 Å². The van der Waals surface area contributed by atoms with E-state index in [0.717, 1.165) is 12.4 Å². The molecule has 1 unspecified atom stereocenters. The van der Waals surface area contributed by atoms with Gasteiger partial charge in [-0.15, -0.1) is 12.4 Å². The third kappa shape index (κ3) is 3.09. The van der Waals surface area contributed by atoms with Crippen molar-refractivity contribution < 1.29 is 4.74 Å². The molecule has 0 N–H and O–H groups in total. The largest absolute Gasteiger partial charge is 0.490 e. The summed E-state index contributed by atoms with van der Waals surface area (Å²) in [7, 11) is 2.18. The molecule has 2 heterocycles. The number of nitrogens with zero attached hydrogens (tertiary/aromatic N) is 2. The fourth-order valence-electron chi connectivity index (χ4n) is 2.03. The zero-order valence-electron chi connectivity index (χ0n) is 9.80. The van der Waals surface area contributed by atoms with Crippen LogP contribution in [0.1, 0.15) is 19.8 Å². The molecule has 1 saturated heterocycles. The highest BCUT2D eigenvalue weighted by molar-refractivity contribution is 5.85. The number of ether oxygens (including phenoxy) is 1. The molecule has 2 rings (SSSR count). The zero-order valence-corrected chi connectivity index (χ0v) is 10.6. The number of hydrogen-bond acceptors (Lipinski definition) is 3. The van der Waals surface area contributed by atoms with Gasteiger partial charge in [-0.05, 0) is 38.9 Å². The Hall–Kier alpha value is -0.800. The Balaban J connectivity index is 0.00000128. The Morgan fingerprint density at radius 1 is 1.50 bits per heavy atom. The summed E-state index contributed by atoms with van der Waals surface area (Å²) < 4.78 is 5.70. The van der Waals surface area contributed by atoms with E-state index in [1.807, 2.05) is 12.1 Å². The van der Waals surface area contributed by atoms with Gasteiger partial charge in [0.05, 0.1) is 6.20 Å². The van der Waals surface area contributed by atoms with Crippen LogP contribution in [0.25, 0.3) is 0 Å². The number of likely N-dealkylation sites (N-methyl/N-ethyl adjacent to an activating group) is 1. The summed E-state index contributed by atoms with van der Waals surface area (Å²) >= 11 is 0. The summed E-state index contributed by atoms with van der Waals surface area (Å²) in [5.74, 6) is 0.866. The van der Waals surface area contributed by atoms with Crippen molar-refractivity contribution in [3.8, 4) is 5.75 Å². The Bertz CT molecular complexity index is 307. The molecule has 0 aromatic carbocycles. The van der Waals surface area contributed by atoms with Gasteiger partial charge in [0.25, 0.3) is 0 Å². The lowest BCUT2D eigenvalue weighted by Crippen LogP contribution is -2.34. The molecule has 1 aromatic heterocycles. The Kier molecular flexibility index (Phi) is 5.03. The molecular weight excluding hydrogens is 224 g/mol. The topological polar surface area (TPSA) is 25.4 Å². The number of aromatic nitrogens is 1. The SMILES string of the molecule is C[C@H]1CCC(COc2cccnc2)N1C.Cl. The minimum absolute atomic E-state index is 0. The van der Waals surface area contributed by atoms with Gasteiger partial charge in [0.1, 0.15) is 12.4 Å². The summed E-state index contributed by atoms with van der Waals surface area (Å²) in [6, 6.07) is 5.09. The second-order valence-corrected chi connectivity index (χ2v) is 4.25. The van der Waals surface area contributed by atoms with Gasteiger partial charge in [-0.1, -0.05) is 0 Å². The maximum Gasteiger partial charge on any atom is 0.137 e. The van der Waals surface area contributed by atoms with Gasteiger partial charge in [-0.3, -0.25) is 9.88 Å². The first-order valence-electron chi connectivity index (χ1n) is 5.52. The van der Waals surface area contributed by atoms with Crippen molar-refractivity contribution in [2.75, 3.05) is 13.7 Å². The van der Waals surface area contributed by atoms with Gasteiger partial charge in [-0.2, -0.15) is 0 Å². The standard InChI is InChI=1S/C12H18N2O.ClH/c1-10-5-6-11(14(10)2)9-15-12-4-3-7-13-8-12;/h3-4,7-8,10-11H,5-6,9H2,1-2H3;1H/t10-,11?;/m0./s1. The van der Waals surface area contributed by atoms with Crippen LogP contribution in [0.2, 0.25) is 0 Å². The van der Waals surface area contributed by atoms with Crippen molar-refractivity contribution in [3.05, 3.63) is 24.5 Å². The van der Waals surface area contributed by atoms with Crippen LogP contribution in [-0.2, 0) is 0 Å². The monoisotopic (exact) mass is 242 g/mol. The molecule has 1 aliphatic rings. The molecule has 1 aliphatic heterocycles. The highest BCUT2D eigenvalue weighted by Gasteiger charge is 2.27. The third-order valence-electron chi connectivity index (χ3n) is 3.27. The number of pyridine rings is 1. The number of rotatable bonds is 3. The fourth-order valence-corrected chi connectivity index (χ4v) is 2.03. The molecule has 1 aromatic rings. The Morgan fingerprint density at radius 2 is 2.31 bits per heavy atom. The maximum atomic E-state index is 5.70. The van der Waals surface area contributed by atoms with Gasteiger partial charge < -0.3 is 4.74 Å². The van der Waals surface area contributed by atoms with Crippen LogP contribution in [0.5, 0.6) is 5.75 Å². The highest BCUT2D eigenvalue weighted by atomic mass is 35.5. The molecule has 0 bridgehead atoms. The Labute approximate surface area is 103 Å². The van der Waals surface area contributed by atoms with Gasteiger partial charge >= 0.3 is 0 Å². The summed E-state index contributed by atoms with van der Waals surface area (Å²) in [5.41, 5.74) is 0. The summed E-state index contributed by atoms with van der Waals surface area (Å²) in [6.07, 6.45) is 6.03. The van der Waals surface area contributed by atoms with Crippen LogP contribution < -0.4 is 4.74 Å². The summed E-state index contributed by atoms with van der Waals surface area (Å²) in [6.45, 7) is 3.04. The predicted molar refractivity (Wildman–Crippen MR) is 67.2 cm³/mol. The van der Waals surface area contributed by atoms with Crippen LogP contribution in [0, 0.1) is 0 Å². The van der Waals surface area contributed by atoms with E-state index < -0.39 is 0 Å². The van der Waals surface area contributed by atoms with Crippen molar-refractivity contribution in [3.63, 3.8) is 0 Å². The maximum absolute atomic E-state index is 5.70. The lowest BCUT2D eigenvalue weighted by molar-refractivity contribution is 0.174. The second-order valence-electron chi connectivity index (χ2n) is 4.25. The molecule has 3 nitrogen and oxygen atoms in total. The van der Waals surface area contributed by atoms with Crippen molar-refractivity contribution >= 4 is 12.4 Å². The van der Waals surface area contributed by atoms with Crippen LogP contribution in [-0.4, -0.2) is 35.6 Å². The third-order valence-corrected chi connectivity index (χ3v) is 3.27. The minimum atomic E-state index is 0. The fraction of sp³-hybridized carbons (Fsp3) is 0.583. The molecule has 0 radical (unpaired) electrons. The molecule has 0 saturated carbocycles. The molecule has 4 heteroatoms. The number of hydrogen-bond donors (Lipinski definition) is 0. The zero-order chi connectivity index (χ0) is 10.7. The molecule has 90 valence electrons. The van der Waals surface area contributed by atoms with Crippen molar-refractivity contribution in [2.24, 2.45) is 0 Å². The molecular formula is C12H19ClN2O. The normalized spacial score (nSPS) is 25.1. The molecule has 0 aliphatic carbocycles. The van der Waals surface area contributed by atoms with Gasteiger partial charge in [0.15, 0.2) is 0 Å². The molecule has 2 atom stereocenters. The number of likely N-dealkylation sites (tertiary alicyclic amines) is 1. The van der Waals surface area contributed by atoms with E-state index in [2.05, 4.69) is 23.9 Å². The van der Waals surface area contributed by atoms with E-state index in [0.29, 0.717) is 12.1 Å². The first kappa shape index (κ1) is 13.3. The quantitative estimate of drug-likeness (QED) is 0.814. The number of halogens is 1. The molecule has 16 heavy (non-hydrogen) atoms. The van der Waals surface area contributed by atoms with E-state index in [9.17, 15) is 0 Å². The van der Waals surface area contributed by atoms with Crippen molar-refractivity contribution in [1.82, 2.24) is 9.88 Å². The van der Waals surface area contributed by atoms with E-state index in [1.165, 1.54) is 12.8 Å². The summed E-state index contributed by atoms with van der Waals surface area (Å²) in [4.78, 5) is 6.42. The minimum Gasteiger partial charge on any atom is -0.490 e. The molecule has 1 fully saturated rings. The predicted octanol–water partition coefficient (Wildman–Crippen LogP) is 2.36. The average Bonchev–Trinajstić information content (AvgIpc) is 2.59. The summed E-state index contributed by atoms with van der Waals surface area (Å²) in [5, 5.41) is 0. The lowest BCUT2D eigenvalue weighted by Gasteiger charge is -2.23. The van der Waals surface area contributed by atoms with Crippen LogP contribution >= 0.6 is 12.4 Å². The molecule has 0 amide bonds. The van der Waals surface area contributed by atoms with E-state index in [1.54, 1.807) is 12.4 Å². The van der Waals surface area contributed by atoms with Gasteiger partial charge in [0.2, 0.25) is 0 Å².